The summed E-state index contributed by atoms with van der Waals surface area (Å²) in [5.74, 6) is 1.00. The van der Waals surface area contributed by atoms with Gasteiger partial charge in [-0.25, -0.2) is 0 Å². The van der Waals surface area contributed by atoms with E-state index in [2.05, 4.69) is 26.1 Å². The van der Waals surface area contributed by atoms with E-state index in [-0.39, 0.29) is 12.5 Å². The maximum atomic E-state index is 12.3. The minimum Gasteiger partial charge on any atom is -0.483 e. The lowest BCUT2D eigenvalue weighted by molar-refractivity contribution is -0.118. The summed E-state index contributed by atoms with van der Waals surface area (Å²) < 4.78 is 5.73. The van der Waals surface area contributed by atoms with E-state index >= 15 is 0 Å². The maximum Gasteiger partial charge on any atom is 0.262 e. The fraction of sp³-hybridized carbons (Fsp3) is 0.350. The Morgan fingerprint density at radius 3 is 2.57 bits per heavy atom. The molecular formula is C20H25NO2. The van der Waals surface area contributed by atoms with Crippen LogP contribution in [0.4, 0.5) is 5.69 Å². The Morgan fingerprint density at radius 2 is 1.87 bits per heavy atom. The highest BCUT2D eigenvalue weighted by Gasteiger charge is 2.11. The number of amides is 1. The van der Waals surface area contributed by atoms with Crippen molar-refractivity contribution in [3.63, 3.8) is 0 Å². The van der Waals surface area contributed by atoms with Gasteiger partial charge in [-0.3, -0.25) is 4.79 Å². The molecule has 2 rings (SSSR count). The second-order valence-electron chi connectivity index (χ2n) is 5.99. The van der Waals surface area contributed by atoms with Crippen LogP contribution in [0.1, 0.15) is 43.4 Å². The molecule has 0 fully saturated rings. The molecule has 0 unspecified atom stereocenters. The van der Waals surface area contributed by atoms with Gasteiger partial charge in [-0.15, -0.1) is 0 Å². The van der Waals surface area contributed by atoms with Crippen molar-refractivity contribution in [3.8, 4) is 5.75 Å². The third-order valence-corrected chi connectivity index (χ3v) is 3.90. The predicted molar refractivity (Wildman–Crippen MR) is 95.2 cm³/mol. The van der Waals surface area contributed by atoms with E-state index in [4.69, 9.17) is 4.74 Å². The van der Waals surface area contributed by atoms with Gasteiger partial charge in [-0.05, 0) is 42.0 Å². The molecule has 0 aliphatic rings. The molecule has 0 aliphatic heterocycles. The smallest absolute Gasteiger partial charge is 0.262 e. The zero-order chi connectivity index (χ0) is 16.8. The quantitative estimate of drug-likeness (QED) is 0.840. The summed E-state index contributed by atoms with van der Waals surface area (Å²) in [6.07, 6.45) is 0.883. The van der Waals surface area contributed by atoms with Crippen molar-refractivity contribution in [3.05, 3.63) is 59.2 Å². The van der Waals surface area contributed by atoms with E-state index in [1.54, 1.807) is 0 Å². The molecule has 0 saturated heterocycles. The largest absolute Gasteiger partial charge is 0.483 e. The van der Waals surface area contributed by atoms with Crippen molar-refractivity contribution < 1.29 is 9.53 Å². The van der Waals surface area contributed by atoms with Gasteiger partial charge in [0, 0.05) is 5.69 Å². The molecular weight excluding hydrogens is 286 g/mol. The van der Waals surface area contributed by atoms with Gasteiger partial charge in [-0.2, -0.15) is 0 Å². The molecule has 2 aromatic rings. The number of carbonyl (C=O) groups is 1. The standard InChI is InChI=1S/C20H25NO2/c1-5-16-10-8-9-15(4)20(16)21-19(22)13-23-18-12-7-6-11-17(18)14(2)3/h6-12,14H,5,13H2,1-4H3,(H,21,22). The maximum absolute atomic E-state index is 12.3. The summed E-state index contributed by atoms with van der Waals surface area (Å²) in [5.41, 5.74) is 4.23. The fourth-order valence-corrected chi connectivity index (χ4v) is 2.61. The third kappa shape index (κ3) is 4.35. The molecule has 0 atom stereocenters. The Labute approximate surface area is 138 Å². The van der Waals surface area contributed by atoms with Crippen LogP contribution < -0.4 is 10.1 Å². The van der Waals surface area contributed by atoms with Gasteiger partial charge in [0.25, 0.3) is 5.91 Å². The molecule has 0 heterocycles. The number of hydrogen-bond acceptors (Lipinski definition) is 2. The van der Waals surface area contributed by atoms with Crippen LogP contribution in [-0.2, 0) is 11.2 Å². The van der Waals surface area contributed by atoms with E-state index in [0.717, 1.165) is 34.5 Å². The SMILES string of the molecule is CCc1cccc(C)c1NC(=O)COc1ccccc1C(C)C. The average molecular weight is 311 g/mol. The normalized spacial score (nSPS) is 10.7. The van der Waals surface area contributed by atoms with Gasteiger partial charge in [0.1, 0.15) is 5.75 Å². The Kier molecular flexibility index (Phi) is 5.80. The van der Waals surface area contributed by atoms with Gasteiger partial charge in [0.2, 0.25) is 0 Å². The second kappa shape index (κ2) is 7.82. The van der Waals surface area contributed by atoms with Crippen molar-refractivity contribution in [1.29, 1.82) is 0 Å². The lowest BCUT2D eigenvalue weighted by Gasteiger charge is -2.15. The second-order valence-corrected chi connectivity index (χ2v) is 5.99. The molecule has 1 N–H and O–H groups in total. The summed E-state index contributed by atoms with van der Waals surface area (Å²) in [4.78, 5) is 12.3. The number of anilines is 1. The van der Waals surface area contributed by atoms with Gasteiger partial charge in [-0.1, -0.05) is 57.2 Å². The van der Waals surface area contributed by atoms with Crippen LogP contribution >= 0.6 is 0 Å². The molecule has 0 saturated carbocycles. The van der Waals surface area contributed by atoms with Gasteiger partial charge >= 0.3 is 0 Å². The number of ether oxygens (including phenoxy) is 1. The average Bonchev–Trinajstić information content (AvgIpc) is 2.55. The summed E-state index contributed by atoms with van der Waals surface area (Å²) >= 11 is 0. The van der Waals surface area contributed by atoms with Crippen LogP contribution in [0.3, 0.4) is 0 Å². The van der Waals surface area contributed by atoms with Crippen LogP contribution in [0, 0.1) is 6.92 Å². The Morgan fingerprint density at radius 1 is 1.13 bits per heavy atom. The summed E-state index contributed by atoms with van der Waals surface area (Å²) in [6, 6.07) is 13.9. The van der Waals surface area contributed by atoms with E-state index in [1.807, 2.05) is 49.4 Å². The molecule has 0 spiro atoms. The first-order chi connectivity index (χ1) is 11.0. The molecule has 3 heteroatoms. The van der Waals surface area contributed by atoms with Crippen LogP contribution in [0.25, 0.3) is 0 Å². The molecule has 23 heavy (non-hydrogen) atoms. The Bertz CT molecular complexity index is 677. The van der Waals surface area contributed by atoms with Crippen molar-refractivity contribution in [1.82, 2.24) is 0 Å². The lowest BCUT2D eigenvalue weighted by Crippen LogP contribution is -2.22. The van der Waals surface area contributed by atoms with Crippen molar-refractivity contribution in [2.45, 2.75) is 40.0 Å². The topological polar surface area (TPSA) is 38.3 Å². The van der Waals surface area contributed by atoms with Crippen molar-refractivity contribution >= 4 is 11.6 Å². The molecule has 0 aliphatic carbocycles. The number of aryl methyl sites for hydroxylation is 2. The first-order valence-corrected chi connectivity index (χ1v) is 8.13. The van der Waals surface area contributed by atoms with E-state index in [1.165, 1.54) is 0 Å². The first kappa shape index (κ1) is 17.1. The van der Waals surface area contributed by atoms with Crippen LogP contribution in [0.2, 0.25) is 0 Å². The van der Waals surface area contributed by atoms with E-state index in [9.17, 15) is 4.79 Å². The first-order valence-electron chi connectivity index (χ1n) is 8.13. The molecule has 0 aromatic heterocycles. The van der Waals surface area contributed by atoms with Crippen molar-refractivity contribution in [2.24, 2.45) is 0 Å². The molecule has 3 nitrogen and oxygen atoms in total. The molecule has 122 valence electrons. The number of para-hydroxylation sites is 2. The third-order valence-electron chi connectivity index (χ3n) is 3.90. The Balaban J connectivity index is 2.04. The Hall–Kier alpha value is -2.29. The van der Waals surface area contributed by atoms with Crippen LogP contribution in [-0.4, -0.2) is 12.5 Å². The van der Waals surface area contributed by atoms with Crippen molar-refractivity contribution in [2.75, 3.05) is 11.9 Å². The van der Waals surface area contributed by atoms with E-state index in [0.29, 0.717) is 5.92 Å². The number of benzene rings is 2. The van der Waals surface area contributed by atoms with Crippen LogP contribution in [0.5, 0.6) is 5.75 Å². The lowest BCUT2D eigenvalue weighted by atomic mass is 10.0. The fourth-order valence-electron chi connectivity index (χ4n) is 2.61. The molecule has 0 radical (unpaired) electrons. The highest BCUT2D eigenvalue weighted by Crippen LogP contribution is 2.26. The number of hydrogen-bond donors (Lipinski definition) is 1. The number of nitrogens with one attached hydrogen (secondary N) is 1. The zero-order valence-corrected chi connectivity index (χ0v) is 14.3. The number of carbonyl (C=O) groups excluding carboxylic acids is 1. The van der Waals surface area contributed by atoms with Crippen LogP contribution in [0.15, 0.2) is 42.5 Å². The molecule has 1 amide bonds. The minimum absolute atomic E-state index is 0.0151. The highest BCUT2D eigenvalue weighted by molar-refractivity contribution is 5.93. The monoisotopic (exact) mass is 311 g/mol. The summed E-state index contributed by atoms with van der Waals surface area (Å²) in [6.45, 7) is 8.33. The minimum atomic E-state index is -0.132. The molecule has 2 aromatic carbocycles. The molecule has 0 bridgehead atoms. The van der Waals surface area contributed by atoms with Gasteiger partial charge in [0.05, 0.1) is 0 Å². The highest BCUT2D eigenvalue weighted by atomic mass is 16.5. The summed E-state index contributed by atoms with van der Waals surface area (Å²) in [5, 5.41) is 2.98. The van der Waals surface area contributed by atoms with Gasteiger partial charge < -0.3 is 10.1 Å². The zero-order valence-electron chi connectivity index (χ0n) is 14.3. The van der Waals surface area contributed by atoms with E-state index < -0.39 is 0 Å². The van der Waals surface area contributed by atoms with Gasteiger partial charge in [0.15, 0.2) is 6.61 Å². The predicted octanol–water partition coefficient (Wildman–Crippen LogP) is 4.70. The number of rotatable bonds is 6. The summed E-state index contributed by atoms with van der Waals surface area (Å²) in [7, 11) is 0.